The summed E-state index contributed by atoms with van der Waals surface area (Å²) in [4.78, 5) is 11.0. The maximum absolute atomic E-state index is 13.7. The number of carbonyl (C=O) groups excluding carboxylic acids is 1. The lowest BCUT2D eigenvalue weighted by Crippen LogP contribution is -2.19. The number of halogens is 1. The fourth-order valence-corrected chi connectivity index (χ4v) is 3.00. The molecule has 0 saturated heterocycles. The number of hydrogen-bond donors (Lipinski definition) is 2. The van der Waals surface area contributed by atoms with Crippen LogP contribution in [0.5, 0.6) is 0 Å². The molecule has 3 atom stereocenters. The molecule has 0 aromatic heterocycles. The van der Waals surface area contributed by atoms with Crippen molar-refractivity contribution in [3.05, 3.63) is 24.0 Å². The Kier molecular flexibility index (Phi) is 2.73. The van der Waals surface area contributed by atoms with Crippen LogP contribution >= 0.6 is 0 Å². The highest BCUT2D eigenvalue weighted by Gasteiger charge is 2.48. The van der Waals surface area contributed by atoms with E-state index in [2.05, 4.69) is 10.6 Å². The molecule has 3 nitrogen and oxygen atoms in total. The lowest BCUT2D eigenvalue weighted by molar-refractivity contribution is -0.114. The number of anilines is 2. The molecule has 0 heterocycles. The molecule has 0 aliphatic heterocycles. The largest absolute Gasteiger partial charge is 0.380 e. The monoisotopic (exact) mass is 248 g/mol. The van der Waals surface area contributed by atoms with Gasteiger partial charge in [0.05, 0.1) is 5.69 Å². The average molecular weight is 248 g/mol. The maximum Gasteiger partial charge on any atom is 0.221 e. The van der Waals surface area contributed by atoms with Crippen LogP contribution in [0.15, 0.2) is 18.2 Å². The molecular weight excluding hydrogens is 231 g/mol. The number of amides is 1. The Hall–Kier alpha value is -1.58. The van der Waals surface area contributed by atoms with E-state index in [4.69, 9.17) is 0 Å². The number of rotatable bonds is 3. The molecule has 2 aliphatic rings. The van der Waals surface area contributed by atoms with Crippen molar-refractivity contribution in [3.8, 4) is 0 Å². The first kappa shape index (κ1) is 11.5. The van der Waals surface area contributed by atoms with Crippen LogP contribution in [0.2, 0.25) is 0 Å². The Bertz CT molecular complexity index is 489. The molecule has 1 amide bonds. The van der Waals surface area contributed by atoms with Crippen molar-refractivity contribution in [2.75, 3.05) is 10.6 Å². The van der Waals surface area contributed by atoms with Gasteiger partial charge in [0.25, 0.3) is 0 Å². The number of fused-ring (bicyclic) bond motifs is 1. The summed E-state index contributed by atoms with van der Waals surface area (Å²) >= 11 is 0. The summed E-state index contributed by atoms with van der Waals surface area (Å²) in [5, 5.41) is 5.96. The van der Waals surface area contributed by atoms with E-state index in [-0.39, 0.29) is 11.7 Å². The molecule has 18 heavy (non-hydrogen) atoms. The summed E-state index contributed by atoms with van der Waals surface area (Å²) in [7, 11) is 0. The van der Waals surface area contributed by atoms with Gasteiger partial charge in [0.2, 0.25) is 5.91 Å². The number of nitrogens with one attached hydrogen (secondary N) is 2. The van der Waals surface area contributed by atoms with Crippen LogP contribution in [-0.4, -0.2) is 11.9 Å². The Balaban J connectivity index is 1.75. The lowest BCUT2D eigenvalue weighted by atomic mass is 10.1. The Morgan fingerprint density at radius 2 is 2.22 bits per heavy atom. The van der Waals surface area contributed by atoms with E-state index in [0.717, 1.165) is 18.3 Å². The predicted molar refractivity (Wildman–Crippen MR) is 68.9 cm³/mol. The Labute approximate surface area is 106 Å². The van der Waals surface area contributed by atoms with Crippen LogP contribution in [0.4, 0.5) is 15.8 Å². The molecule has 2 fully saturated rings. The second-order valence-electron chi connectivity index (χ2n) is 5.36. The number of hydrogen-bond acceptors (Lipinski definition) is 2. The van der Waals surface area contributed by atoms with E-state index in [1.165, 1.54) is 25.8 Å². The van der Waals surface area contributed by atoms with E-state index in [0.29, 0.717) is 17.4 Å². The average Bonchev–Trinajstić information content (AvgIpc) is 2.99. The van der Waals surface area contributed by atoms with Crippen molar-refractivity contribution >= 4 is 17.3 Å². The standard InChI is InChI=1S/C14H17FN2O/c1-8(18)16-10-3-4-12(15)14(7-10)17-13-5-2-9-6-11(9)13/h3-4,7,9,11,13,17H,2,5-6H2,1H3,(H,16,18)/t9-,11+,13?/m0/s1. The first-order valence-electron chi connectivity index (χ1n) is 6.47. The third kappa shape index (κ3) is 2.19. The van der Waals surface area contributed by atoms with Gasteiger partial charge in [-0.25, -0.2) is 4.39 Å². The Morgan fingerprint density at radius 3 is 2.83 bits per heavy atom. The van der Waals surface area contributed by atoms with Crippen molar-refractivity contribution in [1.29, 1.82) is 0 Å². The van der Waals surface area contributed by atoms with Gasteiger partial charge in [-0.2, -0.15) is 0 Å². The number of carbonyl (C=O) groups is 1. The van der Waals surface area contributed by atoms with Gasteiger partial charge in [-0.05, 0) is 49.3 Å². The highest BCUT2D eigenvalue weighted by Crippen LogP contribution is 2.52. The maximum atomic E-state index is 13.7. The summed E-state index contributed by atoms with van der Waals surface area (Å²) in [6, 6.07) is 5.05. The van der Waals surface area contributed by atoms with E-state index in [1.54, 1.807) is 12.1 Å². The smallest absolute Gasteiger partial charge is 0.221 e. The summed E-state index contributed by atoms with van der Waals surface area (Å²) in [6.45, 7) is 1.45. The molecule has 96 valence electrons. The topological polar surface area (TPSA) is 41.1 Å². The third-order valence-electron chi connectivity index (χ3n) is 3.97. The van der Waals surface area contributed by atoms with Crippen molar-refractivity contribution in [2.24, 2.45) is 11.8 Å². The molecule has 0 spiro atoms. The van der Waals surface area contributed by atoms with Gasteiger partial charge in [0.1, 0.15) is 5.82 Å². The SMILES string of the molecule is CC(=O)Nc1ccc(F)c(NC2CC[C@H]3C[C@@H]23)c1. The third-order valence-corrected chi connectivity index (χ3v) is 3.97. The molecule has 0 bridgehead atoms. The first-order chi connectivity index (χ1) is 8.63. The minimum absolute atomic E-state index is 0.143. The molecule has 4 heteroatoms. The second-order valence-corrected chi connectivity index (χ2v) is 5.36. The molecular formula is C14H17FN2O. The van der Waals surface area contributed by atoms with E-state index >= 15 is 0 Å². The first-order valence-corrected chi connectivity index (χ1v) is 6.47. The van der Waals surface area contributed by atoms with E-state index < -0.39 is 0 Å². The highest BCUT2D eigenvalue weighted by molar-refractivity contribution is 5.89. The van der Waals surface area contributed by atoms with Crippen molar-refractivity contribution in [3.63, 3.8) is 0 Å². The van der Waals surface area contributed by atoms with Gasteiger partial charge in [-0.3, -0.25) is 4.79 Å². The van der Waals surface area contributed by atoms with Crippen LogP contribution in [0.3, 0.4) is 0 Å². The van der Waals surface area contributed by atoms with Crippen LogP contribution < -0.4 is 10.6 Å². The predicted octanol–water partition coefficient (Wildman–Crippen LogP) is 2.99. The molecule has 0 radical (unpaired) electrons. The van der Waals surface area contributed by atoms with Crippen LogP contribution in [-0.2, 0) is 4.79 Å². The molecule has 3 rings (SSSR count). The summed E-state index contributed by atoms with van der Waals surface area (Å²) in [6.07, 6.45) is 3.67. The molecule has 1 aromatic rings. The van der Waals surface area contributed by atoms with Gasteiger partial charge in [-0.15, -0.1) is 0 Å². The van der Waals surface area contributed by atoms with Crippen LogP contribution in [0.1, 0.15) is 26.2 Å². The minimum Gasteiger partial charge on any atom is -0.380 e. The van der Waals surface area contributed by atoms with Gasteiger partial charge in [0, 0.05) is 18.7 Å². The molecule has 1 unspecified atom stereocenters. The zero-order chi connectivity index (χ0) is 12.7. The zero-order valence-corrected chi connectivity index (χ0v) is 10.4. The van der Waals surface area contributed by atoms with Crippen molar-refractivity contribution < 1.29 is 9.18 Å². The summed E-state index contributed by atoms with van der Waals surface area (Å²) < 4.78 is 13.7. The zero-order valence-electron chi connectivity index (χ0n) is 10.4. The van der Waals surface area contributed by atoms with Crippen LogP contribution in [0, 0.1) is 17.7 Å². The normalized spacial score (nSPS) is 28.7. The second kappa shape index (κ2) is 4.26. The van der Waals surface area contributed by atoms with Gasteiger partial charge >= 0.3 is 0 Å². The van der Waals surface area contributed by atoms with Crippen molar-refractivity contribution in [2.45, 2.75) is 32.2 Å². The number of benzene rings is 1. The molecule has 2 saturated carbocycles. The van der Waals surface area contributed by atoms with Gasteiger partial charge < -0.3 is 10.6 Å². The van der Waals surface area contributed by atoms with E-state index in [9.17, 15) is 9.18 Å². The molecule has 2 aliphatic carbocycles. The molecule has 2 N–H and O–H groups in total. The van der Waals surface area contributed by atoms with E-state index in [1.807, 2.05) is 0 Å². The van der Waals surface area contributed by atoms with Crippen molar-refractivity contribution in [1.82, 2.24) is 0 Å². The lowest BCUT2D eigenvalue weighted by Gasteiger charge is -2.17. The van der Waals surface area contributed by atoms with Gasteiger partial charge in [-0.1, -0.05) is 0 Å². The van der Waals surface area contributed by atoms with Crippen LogP contribution in [0.25, 0.3) is 0 Å². The summed E-state index contributed by atoms with van der Waals surface area (Å²) in [5.74, 6) is 1.20. The minimum atomic E-state index is -0.256. The Morgan fingerprint density at radius 1 is 1.39 bits per heavy atom. The highest BCUT2D eigenvalue weighted by atomic mass is 19.1. The molecule has 1 aromatic carbocycles. The fraction of sp³-hybridized carbons (Fsp3) is 0.500. The fourth-order valence-electron chi connectivity index (χ4n) is 3.00. The van der Waals surface area contributed by atoms with Gasteiger partial charge in [0.15, 0.2) is 0 Å². The summed E-state index contributed by atoms with van der Waals surface area (Å²) in [5.41, 5.74) is 1.13. The quantitative estimate of drug-likeness (QED) is 0.863.